The summed E-state index contributed by atoms with van der Waals surface area (Å²) in [5.74, 6) is -2.08. The Morgan fingerprint density at radius 2 is 1.56 bits per heavy atom. The molecular weight excluding hydrogens is 582 g/mol. The summed E-state index contributed by atoms with van der Waals surface area (Å²) in [4.78, 5) is 11.1. The number of aliphatic hydroxyl groups excluding tert-OH is 2. The van der Waals surface area contributed by atoms with E-state index in [4.69, 9.17) is 0 Å². The van der Waals surface area contributed by atoms with E-state index in [0.717, 1.165) is 12.8 Å². The first kappa shape index (κ1) is 35.4. The quantitative estimate of drug-likeness (QED) is 0.294. The Hall–Kier alpha value is -2.05. The van der Waals surface area contributed by atoms with Crippen LogP contribution in [0.1, 0.15) is 71.4 Å². The molecule has 0 aliphatic carbocycles. The minimum Gasteiger partial charge on any atom is -0.550 e. The molecular formula is C32H40FN2NaO6S. The number of aliphatic hydroxyl groups is 2. The van der Waals surface area contributed by atoms with Crippen molar-refractivity contribution in [2.75, 3.05) is 0 Å². The number of hydrogen-bond donors (Lipinski definition) is 2. The Morgan fingerprint density at radius 3 is 2.09 bits per heavy atom. The SMILES string of the molecule is CC(C)c1c(S(=O)(=O)N2[C@H](C)CC[C@@H]2C)c(-c2ccccc2)c(-c2ccc(F)cc2)n1CC[C@@H](O)C[C@@H](O)CC(=O)[O-].[Na+]. The zero-order valence-corrected chi connectivity index (χ0v) is 28.4. The van der Waals surface area contributed by atoms with Crippen molar-refractivity contribution in [1.82, 2.24) is 8.87 Å². The van der Waals surface area contributed by atoms with Crippen molar-refractivity contribution in [3.8, 4) is 22.4 Å². The van der Waals surface area contributed by atoms with Gasteiger partial charge in [0.15, 0.2) is 0 Å². The monoisotopic (exact) mass is 622 g/mol. The molecule has 4 rings (SSSR count). The van der Waals surface area contributed by atoms with E-state index in [1.54, 1.807) is 16.4 Å². The van der Waals surface area contributed by atoms with Crippen molar-refractivity contribution in [2.24, 2.45) is 0 Å². The van der Waals surface area contributed by atoms with Crippen LogP contribution in [-0.2, 0) is 21.4 Å². The largest absolute Gasteiger partial charge is 1.00 e. The summed E-state index contributed by atoms with van der Waals surface area (Å²) in [7, 11) is -4.02. The molecule has 0 radical (unpaired) electrons. The van der Waals surface area contributed by atoms with Crippen molar-refractivity contribution in [3.05, 3.63) is 66.1 Å². The number of rotatable bonds is 12. The number of sulfonamides is 1. The van der Waals surface area contributed by atoms with Gasteiger partial charge in [0.05, 0.1) is 17.9 Å². The van der Waals surface area contributed by atoms with Crippen LogP contribution in [0.2, 0.25) is 0 Å². The van der Waals surface area contributed by atoms with E-state index in [1.165, 1.54) is 12.1 Å². The van der Waals surface area contributed by atoms with Gasteiger partial charge in [-0.3, -0.25) is 0 Å². The topological polar surface area (TPSA) is 123 Å². The summed E-state index contributed by atoms with van der Waals surface area (Å²) >= 11 is 0. The fourth-order valence-electron chi connectivity index (χ4n) is 6.20. The molecule has 0 saturated carbocycles. The van der Waals surface area contributed by atoms with Crippen molar-refractivity contribution in [1.29, 1.82) is 0 Å². The van der Waals surface area contributed by atoms with Crippen LogP contribution in [0, 0.1) is 5.82 Å². The number of carboxylic acids is 1. The number of halogens is 1. The molecule has 1 aliphatic rings. The third kappa shape index (κ3) is 7.79. The zero-order chi connectivity index (χ0) is 30.8. The van der Waals surface area contributed by atoms with E-state index in [-0.39, 0.29) is 71.8 Å². The molecule has 8 nitrogen and oxygen atoms in total. The maximum absolute atomic E-state index is 14.7. The third-order valence-corrected chi connectivity index (χ3v) is 10.2. The van der Waals surface area contributed by atoms with Crippen LogP contribution in [0.3, 0.4) is 0 Å². The minimum atomic E-state index is -4.02. The molecule has 0 spiro atoms. The molecule has 11 heteroatoms. The van der Waals surface area contributed by atoms with Crippen molar-refractivity contribution in [2.45, 2.75) is 101 Å². The Kier molecular flexibility index (Phi) is 12.2. The zero-order valence-electron chi connectivity index (χ0n) is 25.5. The normalized spacial score (nSPS) is 18.9. The molecule has 2 aromatic carbocycles. The van der Waals surface area contributed by atoms with Crippen LogP contribution in [0.25, 0.3) is 22.4 Å². The van der Waals surface area contributed by atoms with Gasteiger partial charge in [-0.25, -0.2) is 12.8 Å². The first-order valence-electron chi connectivity index (χ1n) is 14.5. The molecule has 4 atom stereocenters. The summed E-state index contributed by atoms with van der Waals surface area (Å²) in [5, 5.41) is 31.7. The average molecular weight is 623 g/mol. The van der Waals surface area contributed by atoms with E-state index < -0.39 is 40.4 Å². The van der Waals surface area contributed by atoms with E-state index in [1.807, 2.05) is 62.6 Å². The van der Waals surface area contributed by atoms with Gasteiger partial charge in [0.25, 0.3) is 0 Å². The molecule has 3 aromatic rings. The van der Waals surface area contributed by atoms with Crippen LogP contribution >= 0.6 is 0 Å². The standard InChI is InChI=1S/C32H41FN2O6S.Na/c1-20(2)30-32(42(40,41)35-21(3)10-11-22(35)4)29(23-8-6-5-7-9-23)31(24-12-14-25(33)15-13-24)34(30)17-16-26(36)18-27(37)19-28(38)39;/h5-9,12-15,20-22,26-27,36-37H,10-11,16-19H2,1-4H3,(H,38,39);/q;+1/p-1/t21-,22+,26-,27-;/m1./s1. The number of benzene rings is 2. The van der Waals surface area contributed by atoms with Gasteiger partial charge in [0.2, 0.25) is 10.0 Å². The predicted molar refractivity (Wildman–Crippen MR) is 157 cm³/mol. The Labute approximate surface area is 275 Å². The van der Waals surface area contributed by atoms with Crippen molar-refractivity contribution < 1.29 is 62.5 Å². The second kappa shape index (κ2) is 14.8. The van der Waals surface area contributed by atoms with Gasteiger partial charge >= 0.3 is 29.6 Å². The summed E-state index contributed by atoms with van der Waals surface area (Å²) in [6.07, 6.45) is -1.46. The number of carboxylic acid groups (broad SMARTS) is 1. The summed E-state index contributed by atoms with van der Waals surface area (Å²) < 4.78 is 47.0. The first-order chi connectivity index (χ1) is 19.8. The summed E-state index contributed by atoms with van der Waals surface area (Å²) in [6.45, 7) is 7.87. The fraction of sp³-hybridized carbons (Fsp3) is 0.469. The van der Waals surface area contributed by atoms with E-state index in [2.05, 4.69) is 0 Å². The third-order valence-electron chi connectivity index (χ3n) is 8.02. The molecule has 1 aromatic heterocycles. The number of hydrogen-bond acceptors (Lipinski definition) is 6. The summed E-state index contributed by atoms with van der Waals surface area (Å²) in [5.41, 5.74) is 2.99. The smallest absolute Gasteiger partial charge is 0.550 e. The average Bonchev–Trinajstić information content (AvgIpc) is 3.45. The molecule has 1 fully saturated rings. The maximum atomic E-state index is 14.7. The van der Waals surface area contributed by atoms with Gasteiger partial charge in [-0.15, -0.1) is 0 Å². The Morgan fingerprint density at radius 1 is 0.977 bits per heavy atom. The molecule has 2 N–H and O–H groups in total. The molecule has 1 saturated heterocycles. The number of carbonyl (C=O) groups is 1. The predicted octanol–water partition coefficient (Wildman–Crippen LogP) is 1.29. The van der Waals surface area contributed by atoms with E-state index >= 15 is 0 Å². The summed E-state index contributed by atoms with van der Waals surface area (Å²) in [6, 6.07) is 14.8. The van der Waals surface area contributed by atoms with Gasteiger partial charge < -0.3 is 24.7 Å². The van der Waals surface area contributed by atoms with Gasteiger partial charge in [0, 0.05) is 42.3 Å². The number of carbonyl (C=O) groups excluding carboxylic acids is 1. The van der Waals surface area contributed by atoms with Crippen molar-refractivity contribution >= 4 is 16.0 Å². The Balaban J connectivity index is 0.00000506. The number of nitrogens with zero attached hydrogens (tertiary/aromatic N) is 2. The molecule has 0 bridgehead atoms. The Bertz CT molecular complexity index is 1480. The van der Waals surface area contributed by atoms with Crippen LogP contribution in [0.4, 0.5) is 4.39 Å². The van der Waals surface area contributed by atoms with Gasteiger partial charge in [-0.1, -0.05) is 44.2 Å². The fourth-order valence-corrected chi connectivity index (χ4v) is 8.65. The molecule has 0 unspecified atom stereocenters. The second-order valence-electron chi connectivity index (χ2n) is 11.6. The molecule has 0 amide bonds. The number of aromatic nitrogens is 1. The van der Waals surface area contributed by atoms with Gasteiger partial charge in [-0.05, 0) is 80.8 Å². The molecule has 228 valence electrons. The van der Waals surface area contributed by atoms with Gasteiger partial charge in [-0.2, -0.15) is 4.31 Å². The molecule has 2 heterocycles. The van der Waals surface area contributed by atoms with Crippen LogP contribution in [0.15, 0.2) is 59.5 Å². The van der Waals surface area contributed by atoms with Crippen LogP contribution in [-0.4, -0.2) is 57.8 Å². The van der Waals surface area contributed by atoms with Gasteiger partial charge in [0.1, 0.15) is 10.7 Å². The maximum Gasteiger partial charge on any atom is 1.00 e. The van der Waals surface area contributed by atoms with E-state index in [9.17, 15) is 32.9 Å². The van der Waals surface area contributed by atoms with Crippen LogP contribution in [0.5, 0.6) is 0 Å². The first-order valence-corrected chi connectivity index (χ1v) is 15.9. The molecule has 43 heavy (non-hydrogen) atoms. The number of aliphatic carboxylic acids is 1. The van der Waals surface area contributed by atoms with E-state index in [0.29, 0.717) is 28.1 Å². The second-order valence-corrected chi connectivity index (χ2v) is 13.4. The minimum absolute atomic E-state index is 0. The molecule has 1 aliphatic heterocycles. The van der Waals surface area contributed by atoms with Crippen molar-refractivity contribution in [3.63, 3.8) is 0 Å². The van der Waals surface area contributed by atoms with Crippen LogP contribution < -0.4 is 34.7 Å².